The Bertz CT molecular complexity index is 431. The van der Waals surface area contributed by atoms with Crippen molar-refractivity contribution in [2.75, 3.05) is 0 Å². The molecule has 1 heterocycles. The molecule has 70 valence electrons. The molecule has 1 aromatic rings. The largest absolute Gasteiger partial charge is 0.333 e. The zero-order chi connectivity index (χ0) is 9.84. The molecule has 0 bridgehead atoms. The van der Waals surface area contributed by atoms with Gasteiger partial charge in [0.1, 0.15) is 6.29 Å². The van der Waals surface area contributed by atoms with Crippen LogP contribution in [0.2, 0.25) is 0 Å². The summed E-state index contributed by atoms with van der Waals surface area (Å²) < 4.78 is 0.746. The Morgan fingerprint density at radius 1 is 1.15 bits per heavy atom. The molecule has 7 heteroatoms. The third-order valence-electron chi connectivity index (χ3n) is 1.40. The molecule has 0 aliphatic heterocycles. The minimum atomic E-state index is -0.850. The quantitative estimate of drug-likeness (QED) is 0.522. The van der Waals surface area contributed by atoms with Crippen LogP contribution in [0.4, 0.5) is 0 Å². The number of hydrogen-bond donors (Lipinski definition) is 2. The number of nitrogens with zero attached hydrogens (tertiary/aromatic N) is 1. The van der Waals surface area contributed by atoms with Crippen molar-refractivity contribution in [2.24, 2.45) is 0 Å². The Balaban J connectivity index is 3.22. The van der Waals surface area contributed by atoms with Crippen LogP contribution in [0.15, 0.2) is 14.4 Å². The second-order valence-corrected chi connectivity index (χ2v) is 2.30. The summed E-state index contributed by atoms with van der Waals surface area (Å²) in [6.07, 6.45) is 0.631. The zero-order valence-corrected chi connectivity index (χ0v) is 6.57. The Kier molecular flexibility index (Phi) is 2.58. The number of aromatic nitrogens is 3. The summed E-state index contributed by atoms with van der Waals surface area (Å²) >= 11 is 0. The van der Waals surface area contributed by atoms with E-state index in [-0.39, 0.29) is 13.0 Å². The number of rotatable bonds is 3. The summed E-state index contributed by atoms with van der Waals surface area (Å²) in [5.41, 5.74) is -2.47. The maximum atomic E-state index is 10.9. The molecule has 0 amide bonds. The molecule has 0 aromatic carbocycles. The van der Waals surface area contributed by atoms with Gasteiger partial charge in [0.2, 0.25) is 0 Å². The highest BCUT2D eigenvalue weighted by atomic mass is 16.2. The van der Waals surface area contributed by atoms with Gasteiger partial charge in [-0.1, -0.05) is 0 Å². The van der Waals surface area contributed by atoms with E-state index in [4.69, 9.17) is 0 Å². The van der Waals surface area contributed by atoms with Crippen LogP contribution >= 0.6 is 0 Å². The van der Waals surface area contributed by atoms with Crippen molar-refractivity contribution in [3.05, 3.63) is 31.5 Å². The average Bonchev–Trinajstić information content (AvgIpc) is 2.02. The standard InChI is InChI=1S/C6H7N3O4/c10-3-1-2-9-5(12)7-4(11)8-6(9)13/h3H,1-2H2,(H2,7,8,11,12,13). The van der Waals surface area contributed by atoms with Crippen LogP contribution < -0.4 is 17.1 Å². The summed E-state index contributed by atoms with van der Waals surface area (Å²) in [6, 6.07) is 0. The number of carbonyl (C=O) groups is 1. The van der Waals surface area contributed by atoms with Crippen molar-refractivity contribution >= 4 is 6.29 Å². The van der Waals surface area contributed by atoms with E-state index in [9.17, 15) is 19.2 Å². The third-order valence-corrected chi connectivity index (χ3v) is 1.40. The number of H-pyrrole nitrogens is 2. The van der Waals surface area contributed by atoms with Gasteiger partial charge in [0, 0.05) is 13.0 Å². The van der Waals surface area contributed by atoms with Crippen LogP contribution in [0.5, 0.6) is 0 Å². The van der Waals surface area contributed by atoms with Crippen molar-refractivity contribution in [1.29, 1.82) is 0 Å². The Labute approximate surface area is 71.0 Å². The van der Waals surface area contributed by atoms with E-state index in [1.807, 2.05) is 9.97 Å². The summed E-state index contributed by atoms with van der Waals surface area (Å²) in [5, 5.41) is 0. The van der Waals surface area contributed by atoms with E-state index >= 15 is 0 Å². The molecule has 1 aromatic heterocycles. The first kappa shape index (κ1) is 9.17. The molecule has 1 rings (SSSR count). The minimum absolute atomic E-state index is 0.0333. The van der Waals surface area contributed by atoms with Crippen molar-refractivity contribution in [3.63, 3.8) is 0 Å². The SMILES string of the molecule is O=CCCn1c(=O)[nH]c(=O)[nH]c1=O. The molecule has 0 atom stereocenters. The molecule has 0 aliphatic rings. The summed E-state index contributed by atoms with van der Waals surface area (Å²) in [4.78, 5) is 46.1. The Hall–Kier alpha value is -1.92. The molecule has 0 radical (unpaired) electrons. The van der Waals surface area contributed by atoms with Crippen molar-refractivity contribution in [3.8, 4) is 0 Å². The van der Waals surface area contributed by atoms with Gasteiger partial charge >= 0.3 is 17.1 Å². The molecular weight excluding hydrogens is 178 g/mol. The van der Waals surface area contributed by atoms with Crippen molar-refractivity contribution < 1.29 is 4.79 Å². The van der Waals surface area contributed by atoms with Crippen LogP contribution in [0.1, 0.15) is 6.42 Å². The highest BCUT2D eigenvalue weighted by molar-refractivity contribution is 5.48. The van der Waals surface area contributed by atoms with Gasteiger partial charge in [-0.25, -0.2) is 19.0 Å². The lowest BCUT2D eigenvalue weighted by Crippen LogP contribution is -2.43. The van der Waals surface area contributed by atoms with Gasteiger partial charge in [-0.15, -0.1) is 0 Å². The van der Waals surface area contributed by atoms with Crippen molar-refractivity contribution in [2.45, 2.75) is 13.0 Å². The smallest absolute Gasteiger partial charge is 0.303 e. The monoisotopic (exact) mass is 185 g/mol. The summed E-state index contributed by atoms with van der Waals surface area (Å²) in [5.74, 6) is 0. The fourth-order valence-corrected chi connectivity index (χ4v) is 0.838. The van der Waals surface area contributed by atoms with Gasteiger partial charge in [-0.2, -0.15) is 0 Å². The topological polar surface area (TPSA) is 105 Å². The molecule has 0 saturated carbocycles. The van der Waals surface area contributed by atoms with E-state index in [1.54, 1.807) is 0 Å². The average molecular weight is 185 g/mol. The zero-order valence-electron chi connectivity index (χ0n) is 6.57. The summed E-state index contributed by atoms with van der Waals surface area (Å²) in [6.45, 7) is -0.0333. The molecule has 0 aliphatic carbocycles. The molecule has 0 spiro atoms. The van der Waals surface area contributed by atoms with Gasteiger partial charge in [-0.3, -0.25) is 9.97 Å². The lowest BCUT2D eigenvalue weighted by Gasteiger charge is -1.97. The summed E-state index contributed by atoms with van der Waals surface area (Å²) in [7, 11) is 0. The van der Waals surface area contributed by atoms with Crippen LogP contribution in [-0.4, -0.2) is 20.8 Å². The Morgan fingerprint density at radius 2 is 1.69 bits per heavy atom. The van der Waals surface area contributed by atoms with Gasteiger partial charge < -0.3 is 4.79 Å². The molecule has 0 fully saturated rings. The first-order valence-electron chi connectivity index (χ1n) is 3.52. The first-order chi connectivity index (χ1) is 6.15. The van der Waals surface area contributed by atoms with Crippen molar-refractivity contribution in [1.82, 2.24) is 14.5 Å². The Morgan fingerprint density at radius 3 is 2.15 bits per heavy atom. The number of nitrogens with one attached hydrogen (secondary N) is 2. The van der Waals surface area contributed by atoms with E-state index in [2.05, 4.69) is 0 Å². The normalized spacial score (nSPS) is 9.85. The maximum absolute atomic E-state index is 10.9. The predicted molar refractivity (Wildman–Crippen MR) is 42.6 cm³/mol. The highest BCUT2D eigenvalue weighted by Gasteiger charge is 2.00. The van der Waals surface area contributed by atoms with Crippen LogP contribution in [0.3, 0.4) is 0 Å². The number of carbonyl (C=O) groups excluding carboxylic acids is 1. The van der Waals surface area contributed by atoms with E-state index < -0.39 is 17.1 Å². The minimum Gasteiger partial charge on any atom is -0.303 e. The van der Waals surface area contributed by atoms with Gasteiger partial charge in [-0.05, 0) is 0 Å². The van der Waals surface area contributed by atoms with Gasteiger partial charge in [0.05, 0.1) is 0 Å². The second-order valence-electron chi connectivity index (χ2n) is 2.30. The molecule has 7 nitrogen and oxygen atoms in total. The second kappa shape index (κ2) is 3.65. The first-order valence-corrected chi connectivity index (χ1v) is 3.52. The van der Waals surface area contributed by atoms with E-state index in [1.165, 1.54) is 0 Å². The number of hydrogen-bond acceptors (Lipinski definition) is 4. The van der Waals surface area contributed by atoms with E-state index in [0.717, 1.165) is 4.57 Å². The van der Waals surface area contributed by atoms with Crippen LogP contribution in [0.25, 0.3) is 0 Å². The lowest BCUT2D eigenvalue weighted by atomic mass is 10.5. The third kappa shape index (κ3) is 2.01. The molecule has 13 heavy (non-hydrogen) atoms. The van der Waals surface area contributed by atoms with E-state index in [0.29, 0.717) is 6.29 Å². The van der Waals surface area contributed by atoms with Crippen LogP contribution in [0, 0.1) is 0 Å². The van der Waals surface area contributed by atoms with Gasteiger partial charge in [0.15, 0.2) is 0 Å². The lowest BCUT2D eigenvalue weighted by molar-refractivity contribution is -0.108. The molecule has 2 N–H and O–H groups in total. The predicted octanol–water partition coefficient (Wildman–Crippen LogP) is -2.19. The number of aldehydes is 1. The fourth-order valence-electron chi connectivity index (χ4n) is 0.838. The molecule has 0 saturated heterocycles. The van der Waals surface area contributed by atoms with Crippen LogP contribution in [-0.2, 0) is 11.3 Å². The van der Waals surface area contributed by atoms with Gasteiger partial charge in [0.25, 0.3) is 0 Å². The molecule has 0 unspecified atom stereocenters. The number of aromatic amines is 2. The maximum Gasteiger partial charge on any atom is 0.333 e. The molecular formula is C6H7N3O4. The fraction of sp³-hybridized carbons (Fsp3) is 0.333. The highest BCUT2D eigenvalue weighted by Crippen LogP contribution is 1.73.